The molecule has 2 heterocycles. The average molecular weight is 512 g/mol. The lowest BCUT2D eigenvalue weighted by molar-refractivity contribution is 0.0693. The van der Waals surface area contributed by atoms with E-state index in [2.05, 4.69) is 34.6 Å². The van der Waals surface area contributed by atoms with E-state index in [0.29, 0.717) is 19.4 Å². The van der Waals surface area contributed by atoms with Crippen LogP contribution in [0.1, 0.15) is 26.2 Å². The molecule has 4 rings (SSSR count). The highest BCUT2D eigenvalue weighted by Gasteiger charge is 2.40. The molecule has 2 fully saturated rings. The topological polar surface area (TPSA) is 45.6 Å². The van der Waals surface area contributed by atoms with Crippen LogP contribution in [0.3, 0.4) is 0 Å². The summed E-state index contributed by atoms with van der Waals surface area (Å²) in [5.74, 6) is -0.274. The molecule has 0 amide bonds. The Bertz CT molecular complexity index is 1090. The lowest BCUT2D eigenvalue weighted by atomic mass is 9.69. The van der Waals surface area contributed by atoms with Gasteiger partial charge in [0, 0.05) is 67.3 Å². The summed E-state index contributed by atoms with van der Waals surface area (Å²) in [6.45, 7) is 9.02. The summed E-state index contributed by atoms with van der Waals surface area (Å²) < 4.78 is 29.4. The summed E-state index contributed by atoms with van der Waals surface area (Å²) in [4.78, 5) is 1.09. The number of hydrogen-bond acceptors (Lipinski definition) is 6. The van der Waals surface area contributed by atoms with E-state index < -0.39 is 6.17 Å². The third-order valence-corrected chi connectivity index (χ3v) is 8.04. The molecule has 2 unspecified atom stereocenters. The number of nitrogens with one attached hydrogen (secondary N) is 2. The Hall–Kier alpha value is -2.68. The van der Waals surface area contributed by atoms with Crippen LogP contribution in [0.15, 0.2) is 83.1 Å². The molecular weight excluding hydrogens is 476 g/mol. The van der Waals surface area contributed by atoms with Crippen LogP contribution < -0.4 is 5.32 Å². The fraction of sp³-hybridized carbons (Fsp3) is 0.393. The van der Waals surface area contributed by atoms with Crippen molar-refractivity contribution in [1.82, 2.24) is 14.3 Å². The van der Waals surface area contributed by atoms with Gasteiger partial charge in [0.15, 0.2) is 0 Å². The second-order valence-electron chi connectivity index (χ2n) is 9.53. The van der Waals surface area contributed by atoms with Crippen LogP contribution in [-0.2, 0) is 0 Å². The van der Waals surface area contributed by atoms with Gasteiger partial charge >= 0.3 is 0 Å². The Kier molecular flexibility index (Phi) is 8.49. The molecule has 0 bridgehead atoms. The highest BCUT2D eigenvalue weighted by atomic mass is 32.2. The molecule has 1 aromatic rings. The van der Waals surface area contributed by atoms with Crippen LogP contribution in [0.2, 0.25) is 0 Å². The van der Waals surface area contributed by atoms with Crippen molar-refractivity contribution in [1.29, 1.82) is 5.41 Å². The number of halogens is 2. The number of rotatable bonds is 9. The zero-order chi connectivity index (χ0) is 25.7. The summed E-state index contributed by atoms with van der Waals surface area (Å²) in [5.41, 5.74) is 3.62. The van der Waals surface area contributed by atoms with E-state index >= 15 is 0 Å². The van der Waals surface area contributed by atoms with Crippen LogP contribution >= 0.6 is 11.9 Å². The second kappa shape index (κ2) is 11.6. The molecule has 0 spiro atoms. The number of anilines is 1. The third kappa shape index (κ3) is 5.99. The number of nitrogens with zero attached hydrogens (tertiary/aromatic N) is 3. The third-order valence-electron chi connectivity index (χ3n) is 7.02. The summed E-state index contributed by atoms with van der Waals surface area (Å²) in [7, 11) is 1.97. The lowest BCUT2D eigenvalue weighted by Gasteiger charge is -2.45. The molecule has 1 aliphatic carbocycles. The maximum atomic E-state index is 13.7. The van der Waals surface area contributed by atoms with Crippen molar-refractivity contribution in [2.75, 3.05) is 38.5 Å². The van der Waals surface area contributed by atoms with E-state index in [-0.39, 0.29) is 11.2 Å². The van der Waals surface area contributed by atoms with Gasteiger partial charge in [-0.1, -0.05) is 23.8 Å². The molecule has 2 N–H and O–H groups in total. The Labute approximate surface area is 217 Å². The monoisotopic (exact) mass is 511 g/mol. The maximum absolute atomic E-state index is 13.7. The summed E-state index contributed by atoms with van der Waals surface area (Å²) in [5, 5.41) is 15.5. The Morgan fingerprint density at radius 2 is 2.08 bits per heavy atom. The van der Waals surface area contributed by atoms with E-state index in [1.807, 2.05) is 36.1 Å². The van der Waals surface area contributed by atoms with Crippen molar-refractivity contribution in [3.8, 4) is 0 Å². The maximum Gasteiger partial charge on any atom is 0.123 e. The normalized spacial score (nSPS) is 25.6. The molecule has 5 nitrogen and oxygen atoms in total. The molecule has 0 saturated carbocycles. The lowest BCUT2D eigenvalue weighted by Crippen LogP contribution is -2.42. The van der Waals surface area contributed by atoms with Gasteiger partial charge in [-0.25, -0.2) is 18.1 Å². The van der Waals surface area contributed by atoms with Crippen LogP contribution in [-0.4, -0.2) is 59.9 Å². The zero-order valence-electron chi connectivity index (χ0n) is 21.0. The fourth-order valence-corrected chi connectivity index (χ4v) is 6.19. The number of hydrogen-bond donors (Lipinski definition) is 2. The highest BCUT2D eigenvalue weighted by Crippen LogP contribution is 2.47. The highest BCUT2D eigenvalue weighted by molar-refractivity contribution is 8.01. The molecule has 2 aliphatic heterocycles. The van der Waals surface area contributed by atoms with E-state index in [1.165, 1.54) is 23.9 Å². The van der Waals surface area contributed by atoms with Gasteiger partial charge in [0.1, 0.15) is 12.0 Å². The van der Waals surface area contributed by atoms with Gasteiger partial charge < -0.3 is 15.7 Å². The smallest absolute Gasteiger partial charge is 0.123 e. The number of fused-ring (bicyclic) bond motifs is 1. The number of hydrazine groups is 1. The van der Waals surface area contributed by atoms with Gasteiger partial charge in [-0.3, -0.25) is 0 Å². The van der Waals surface area contributed by atoms with Gasteiger partial charge in [-0.2, -0.15) is 0 Å². The molecule has 2 saturated heterocycles. The van der Waals surface area contributed by atoms with Gasteiger partial charge in [-0.05, 0) is 74.0 Å². The molecule has 36 heavy (non-hydrogen) atoms. The molecule has 0 radical (unpaired) electrons. The van der Waals surface area contributed by atoms with E-state index in [9.17, 15) is 8.78 Å². The quantitative estimate of drug-likeness (QED) is 0.176. The first kappa shape index (κ1) is 26.4. The van der Waals surface area contributed by atoms with Crippen molar-refractivity contribution in [3.63, 3.8) is 0 Å². The number of piperidine rings is 1. The van der Waals surface area contributed by atoms with Crippen LogP contribution in [0.4, 0.5) is 14.5 Å². The molecule has 8 heteroatoms. The predicted octanol–water partition coefficient (Wildman–Crippen LogP) is 6.31. The SMILES string of the molecule is C=CC12CC(C=N)=C(Nc3ccc(F)cc3)C=C1CCN(SC(/C=C\C)=C/N(C)N1CCC(F)C1)C2. The minimum atomic E-state index is -0.761. The summed E-state index contributed by atoms with van der Waals surface area (Å²) >= 11 is 1.71. The van der Waals surface area contributed by atoms with Gasteiger partial charge in [0.05, 0.1) is 0 Å². The molecule has 3 aliphatic rings. The zero-order valence-corrected chi connectivity index (χ0v) is 21.8. The second-order valence-corrected chi connectivity index (χ2v) is 10.7. The average Bonchev–Trinajstić information content (AvgIpc) is 3.31. The Morgan fingerprint density at radius 1 is 1.31 bits per heavy atom. The molecule has 0 aromatic heterocycles. The van der Waals surface area contributed by atoms with Crippen molar-refractivity contribution < 1.29 is 8.78 Å². The molecule has 192 valence electrons. The molecular formula is C28H35F2N5S. The van der Waals surface area contributed by atoms with E-state index in [4.69, 9.17) is 5.41 Å². The summed E-state index contributed by atoms with van der Waals surface area (Å²) in [6.07, 6.45) is 13.1. The van der Waals surface area contributed by atoms with Crippen LogP contribution in [0, 0.1) is 16.6 Å². The van der Waals surface area contributed by atoms with Gasteiger partial charge in [0.25, 0.3) is 0 Å². The first-order valence-electron chi connectivity index (χ1n) is 12.4. The molecule has 2 atom stereocenters. The van der Waals surface area contributed by atoms with Crippen molar-refractivity contribution in [3.05, 3.63) is 88.9 Å². The standard InChI is InChI=1S/C28H35F2N5S/c1-4-6-26(19-33(3)34-13-12-24(30)18-34)36-35-14-11-22-15-27(32-25-9-7-23(29)8-10-25)21(17-31)16-28(22,5-2)20-35/h4-10,15,17,19,24,31-32H,2,11-14,16,18,20H2,1,3H3/b6-4-,26-19+,31-17?. The first-order chi connectivity index (χ1) is 17.4. The van der Waals surface area contributed by atoms with E-state index in [1.54, 1.807) is 24.1 Å². The number of benzene rings is 1. The fourth-order valence-electron chi connectivity index (χ4n) is 5.02. The first-order valence-corrected chi connectivity index (χ1v) is 13.1. The van der Waals surface area contributed by atoms with Crippen molar-refractivity contribution in [2.24, 2.45) is 5.41 Å². The largest absolute Gasteiger partial charge is 0.355 e. The van der Waals surface area contributed by atoms with Crippen molar-refractivity contribution >= 4 is 23.8 Å². The minimum absolute atomic E-state index is 0.255. The number of allylic oxidation sites excluding steroid dienone is 4. The Morgan fingerprint density at radius 3 is 2.72 bits per heavy atom. The van der Waals surface area contributed by atoms with Crippen LogP contribution in [0.5, 0.6) is 0 Å². The van der Waals surface area contributed by atoms with E-state index in [0.717, 1.165) is 47.9 Å². The summed E-state index contributed by atoms with van der Waals surface area (Å²) in [6, 6.07) is 6.28. The van der Waals surface area contributed by atoms with Gasteiger partial charge in [0.2, 0.25) is 0 Å². The minimum Gasteiger partial charge on any atom is -0.355 e. The van der Waals surface area contributed by atoms with Gasteiger partial charge in [-0.15, -0.1) is 6.58 Å². The van der Waals surface area contributed by atoms with Crippen molar-refractivity contribution in [2.45, 2.75) is 32.4 Å². The Balaban J connectivity index is 1.50. The molecule has 1 aromatic carbocycles. The number of alkyl halides is 1. The predicted molar refractivity (Wildman–Crippen MR) is 147 cm³/mol. The van der Waals surface area contributed by atoms with Crippen LogP contribution in [0.25, 0.3) is 0 Å².